The number of benzene rings is 1. The molecule has 0 aliphatic carbocycles. The average Bonchev–Trinajstić information content (AvgIpc) is 2.23. The molecule has 0 fully saturated rings. The lowest BCUT2D eigenvalue weighted by Gasteiger charge is -2.20. The van der Waals surface area contributed by atoms with E-state index < -0.39 is 0 Å². The molecule has 1 aromatic rings. The molecule has 1 rings (SSSR count). The third-order valence-corrected chi connectivity index (χ3v) is 2.91. The Hall–Kier alpha value is -1.35. The first-order valence-electron chi connectivity index (χ1n) is 5.52. The van der Waals surface area contributed by atoms with Gasteiger partial charge in [-0.3, -0.25) is 4.79 Å². The van der Waals surface area contributed by atoms with Crippen molar-refractivity contribution >= 4 is 11.6 Å². The van der Waals surface area contributed by atoms with Gasteiger partial charge in [-0.2, -0.15) is 0 Å². The summed E-state index contributed by atoms with van der Waals surface area (Å²) in [7, 11) is 1.80. The second-order valence-electron chi connectivity index (χ2n) is 4.21. The molecule has 3 nitrogen and oxygen atoms in total. The van der Waals surface area contributed by atoms with Crippen molar-refractivity contribution in [2.45, 2.75) is 27.2 Å². The van der Waals surface area contributed by atoms with Gasteiger partial charge in [-0.05, 0) is 43.5 Å². The summed E-state index contributed by atoms with van der Waals surface area (Å²) in [5.74, 6) is 0.0638. The Bertz CT molecular complexity index is 399. The zero-order chi connectivity index (χ0) is 12.3. The van der Waals surface area contributed by atoms with Gasteiger partial charge in [-0.1, -0.05) is 6.07 Å². The van der Waals surface area contributed by atoms with Crippen LogP contribution in [0.2, 0.25) is 0 Å². The second-order valence-corrected chi connectivity index (χ2v) is 4.21. The number of anilines is 1. The van der Waals surface area contributed by atoms with Crippen LogP contribution in [0.15, 0.2) is 12.1 Å². The highest BCUT2D eigenvalue weighted by Crippen LogP contribution is 2.23. The fourth-order valence-electron chi connectivity index (χ4n) is 1.73. The summed E-state index contributed by atoms with van der Waals surface area (Å²) >= 11 is 0. The number of nitrogens with two attached hydrogens (primary N) is 1. The van der Waals surface area contributed by atoms with Crippen LogP contribution in [0.4, 0.5) is 5.69 Å². The van der Waals surface area contributed by atoms with Crippen LogP contribution >= 0.6 is 0 Å². The Morgan fingerprint density at radius 1 is 1.19 bits per heavy atom. The topological polar surface area (TPSA) is 46.3 Å². The summed E-state index contributed by atoms with van der Waals surface area (Å²) in [5, 5.41) is 0. The fourth-order valence-corrected chi connectivity index (χ4v) is 1.73. The summed E-state index contributed by atoms with van der Waals surface area (Å²) in [6.45, 7) is 6.55. The van der Waals surface area contributed by atoms with Gasteiger partial charge in [0.2, 0.25) is 5.91 Å². The number of aryl methyl sites for hydroxylation is 3. The zero-order valence-electron chi connectivity index (χ0n) is 10.5. The zero-order valence-corrected chi connectivity index (χ0v) is 10.5. The highest BCUT2D eigenvalue weighted by atomic mass is 16.2. The van der Waals surface area contributed by atoms with E-state index in [2.05, 4.69) is 26.0 Å². The molecule has 88 valence electrons. The first-order chi connectivity index (χ1) is 7.47. The molecule has 0 saturated heterocycles. The van der Waals surface area contributed by atoms with Crippen LogP contribution in [0.1, 0.15) is 23.1 Å². The van der Waals surface area contributed by atoms with Gasteiger partial charge in [0, 0.05) is 25.7 Å². The molecule has 0 radical (unpaired) electrons. The quantitative estimate of drug-likeness (QED) is 0.846. The highest BCUT2D eigenvalue weighted by molar-refractivity contribution is 5.93. The van der Waals surface area contributed by atoms with Gasteiger partial charge in [-0.25, -0.2) is 0 Å². The Morgan fingerprint density at radius 3 is 2.31 bits per heavy atom. The van der Waals surface area contributed by atoms with Crippen molar-refractivity contribution in [1.29, 1.82) is 0 Å². The number of carbonyl (C=O) groups is 1. The molecule has 16 heavy (non-hydrogen) atoms. The third kappa shape index (κ3) is 2.61. The lowest BCUT2D eigenvalue weighted by Crippen LogP contribution is -2.28. The van der Waals surface area contributed by atoms with E-state index in [9.17, 15) is 4.79 Å². The van der Waals surface area contributed by atoms with Gasteiger partial charge in [0.05, 0.1) is 0 Å². The summed E-state index contributed by atoms with van der Waals surface area (Å²) in [4.78, 5) is 13.4. The molecule has 1 amide bonds. The van der Waals surface area contributed by atoms with Crippen molar-refractivity contribution in [1.82, 2.24) is 0 Å². The summed E-state index contributed by atoms with van der Waals surface area (Å²) in [6, 6.07) is 4.16. The second kappa shape index (κ2) is 5.12. The fraction of sp³-hybridized carbons (Fsp3) is 0.462. The SMILES string of the molecule is Cc1cc(C)c(N(C)C(=O)CCN)cc1C. The highest BCUT2D eigenvalue weighted by Gasteiger charge is 2.12. The van der Waals surface area contributed by atoms with Crippen LogP contribution in [-0.2, 0) is 4.79 Å². The molecule has 0 aromatic heterocycles. The molecule has 3 heteroatoms. The van der Waals surface area contributed by atoms with E-state index in [1.807, 2.05) is 6.92 Å². The Morgan fingerprint density at radius 2 is 1.75 bits per heavy atom. The van der Waals surface area contributed by atoms with E-state index in [0.717, 1.165) is 11.3 Å². The maximum atomic E-state index is 11.7. The molecule has 2 N–H and O–H groups in total. The maximum absolute atomic E-state index is 11.7. The Kier molecular flexibility index (Phi) is 4.07. The van der Waals surface area contributed by atoms with E-state index in [1.165, 1.54) is 11.1 Å². The van der Waals surface area contributed by atoms with E-state index in [-0.39, 0.29) is 5.91 Å². The first-order valence-corrected chi connectivity index (χ1v) is 5.52. The van der Waals surface area contributed by atoms with E-state index >= 15 is 0 Å². The van der Waals surface area contributed by atoms with Gasteiger partial charge >= 0.3 is 0 Å². The van der Waals surface area contributed by atoms with Crippen LogP contribution < -0.4 is 10.6 Å². The van der Waals surface area contributed by atoms with Gasteiger partial charge < -0.3 is 10.6 Å². The normalized spacial score (nSPS) is 10.3. The lowest BCUT2D eigenvalue weighted by atomic mass is 10.0. The number of hydrogen-bond donors (Lipinski definition) is 1. The van der Waals surface area contributed by atoms with Crippen LogP contribution in [0, 0.1) is 20.8 Å². The molecular formula is C13H20N2O. The molecule has 0 spiro atoms. The van der Waals surface area contributed by atoms with E-state index in [1.54, 1.807) is 11.9 Å². The number of hydrogen-bond acceptors (Lipinski definition) is 2. The summed E-state index contributed by atoms with van der Waals surface area (Å²) in [5.41, 5.74) is 9.94. The van der Waals surface area contributed by atoms with Crippen molar-refractivity contribution in [2.24, 2.45) is 5.73 Å². The van der Waals surface area contributed by atoms with Crippen molar-refractivity contribution in [3.05, 3.63) is 28.8 Å². The van der Waals surface area contributed by atoms with Gasteiger partial charge in [-0.15, -0.1) is 0 Å². The molecule has 0 heterocycles. The third-order valence-electron chi connectivity index (χ3n) is 2.91. The lowest BCUT2D eigenvalue weighted by molar-refractivity contribution is -0.118. The monoisotopic (exact) mass is 220 g/mol. The molecule has 0 aliphatic heterocycles. The van der Waals surface area contributed by atoms with Crippen LogP contribution in [-0.4, -0.2) is 19.5 Å². The molecule has 0 atom stereocenters. The van der Waals surface area contributed by atoms with Crippen LogP contribution in [0.5, 0.6) is 0 Å². The largest absolute Gasteiger partial charge is 0.330 e. The van der Waals surface area contributed by atoms with E-state index in [4.69, 9.17) is 5.73 Å². The van der Waals surface area contributed by atoms with Gasteiger partial charge in [0.15, 0.2) is 0 Å². The Balaban J connectivity index is 3.04. The molecule has 0 saturated carbocycles. The molecule has 0 unspecified atom stereocenters. The molecule has 0 aliphatic rings. The van der Waals surface area contributed by atoms with Crippen molar-refractivity contribution in [3.8, 4) is 0 Å². The van der Waals surface area contributed by atoms with Crippen molar-refractivity contribution < 1.29 is 4.79 Å². The minimum atomic E-state index is 0.0638. The van der Waals surface area contributed by atoms with Gasteiger partial charge in [0.25, 0.3) is 0 Å². The predicted octanol–water partition coefficient (Wildman–Crippen LogP) is 1.92. The summed E-state index contributed by atoms with van der Waals surface area (Å²) in [6.07, 6.45) is 0.392. The smallest absolute Gasteiger partial charge is 0.227 e. The number of nitrogens with zero attached hydrogens (tertiary/aromatic N) is 1. The van der Waals surface area contributed by atoms with Crippen LogP contribution in [0.3, 0.4) is 0 Å². The number of carbonyl (C=O) groups excluding carboxylic acids is 1. The number of amides is 1. The average molecular weight is 220 g/mol. The van der Waals surface area contributed by atoms with Gasteiger partial charge in [0.1, 0.15) is 0 Å². The van der Waals surface area contributed by atoms with Crippen molar-refractivity contribution in [2.75, 3.05) is 18.5 Å². The van der Waals surface area contributed by atoms with E-state index in [0.29, 0.717) is 13.0 Å². The molecule has 0 bridgehead atoms. The predicted molar refractivity (Wildman–Crippen MR) is 67.7 cm³/mol. The first kappa shape index (κ1) is 12.7. The minimum absolute atomic E-state index is 0.0638. The minimum Gasteiger partial charge on any atom is -0.330 e. The van der Waals surface area contributed by atoms with Crippen molar-refractivity contribution in [3.63, 3.8) is 0 Å². The Labute approximate surface area is 97.2 Å². The standard InChI is InChI=1S/C13H20N2O/c1-9-7-11(3)12(8-10(9)2)15(4)13(16)5-6-14/h7-8H,5-6,14H2,1-4H3. The van der Waals surface area contributed by atoms with Crippen LogP contribution in [0.25, 0.3) is 0 Å². The number of rotatable bonds is 3. The summed E-state index contributed by atoms with van der Waals surface area (Å²) < 4.78 is 0. The maximum Gasteiger partial charge on any atom is 0.227 e. The molecular weight excluding hydrogens is 200 g/mol. The molecule has 1 aromatic carbocycles.